The summed E-state index contributed by atoms with van der Waals surface area (Å²) in [6.45, 7) is 1.91. The van der Waals surface area contributed by atoms with Crippen molar-refractivity contribution in [3.63, 3.8) is 0 Å². The first-order valence-electron chi connectivity index (χ1n) is 5.53. The van der Waals surface area contributed by atoms with Crippen molar-refractivity contribution in [1.82, 2.24) is 4.90 Å². The Morgan fingerprint density at radius 1 is 1.31 bits per heavy atom. The van der Waals surface area contributed by atoms with Crippen molar-refractivity contribution in [1.29, 1.82) is 5.26 Å². The van der Waals surface area contributed by atoms with Gasteiger partial charge in [-0.3, -0.25) is 0 Å². The zero-order chi connectivity index (χ0) is 11.6. The molecule has 1 saturated heterocycles. The van der Waals surface area contributed by atoms with Crippen LogP contribution >= 0.6 is 11.6 Å². The van der Waals surface area contributed by atoms with Gasteiger partial charge in [-0.1, -0.05) is 29.8 Å². The molecule has 0 atom stereocenters. The number of hydrogen-bond donors (Lipinski definition) is 0. The Labute approximate surface area is 101 Å². The van der Waals surface area contributed by atoms with Gasteiger partial charge in [0.05, 0.1) is 11.5 Å². The van der Waals surface area contributed by atoms with Gasteiger partial charge in [0.2, 0.25) is 0 Å². The summed E-state index contributed by atoms with van der Waals surface area (Å²) < 4.78 is 0. The zero-order valence-corrected chi connectivity index (χ0v) is 10.2. The van der Waals surface area contributed by atoms with Gasteiger partial charge in [-0.05, 0) is 44.6 Å². The average Bonchev–Trinajstić information content (AvgIpc) is 2.32. The molecule has 84 valence electrons. The van der Waals surface area contributed by atoms with Gasteiger partial charge in [0, 0.05) is 5.02 Å². The Hall–Kier alpha value is -1.04. The standard InChI is InChI=1S/C13H15ClN2/c1-16-8-6-13(10-15,7-9-16)11-4-2-3-5-12(11)14/h2-5H,6-9H2,1H3. The minimum Gasteiger partial charge on any atom is -0.306 e. The van der Waals surface area contributed by atoms with E-state index in [0.29, 0.717) is 5.02 Å². The number of hydrogen-bond acceptors (Lipinski definition) is 2. The second kappa shape index (κ2) is 4.45. The number of piperidine rings is 1. The Bertz CT molecular complexity index is 414. The lowest BCUT2D eigenvalue weighted by molar-refractivity contribution is 0.222. The Balaban J connectivity index is 2.37. The largest absolute Gasteiger partial charge is 0.306 e. The van der Waals surface area contributed by atoms with E-state index in [-0.39, 0.29) is 5.41 Å². The van der Waals surface area contributed by atoms with Crippen molar-refractivity contribution < 1.29 is 0 Å². The summed E-state index contributed by atoms with van der Waals surface area (Å²) in [6, 6.07) is 10.2. The van der Waals surface area contributed by atoms with E-state index in [1.54, 1.807) is 0 Å². The molecule has 0 radical (unpaired) electrons. The molecule has 0 aliphatic carbocycles. The summed E-state index contributed by atoms with van der Waals surface area (Å²) in [4.78, 5) is 2.26. The lowest BCUT2D eigenvalue weighted by Gasteiger charge is -2.36. The molecule has 2 rings (SSSR count). The lowest BCUT2D eigenvalue weighted by Crippen LogP contribution is -2.40. The molecule has 0 aromatic heterocycles. The van der Waals surface area contributed by atoms with Gasteiger partial charge in [0.15, 0.2) is 0 Å². The fraction of sp³-hybridized carbons (Fsp3) is 0.462. The molecule has 16 heavy (non-hydrogen) atoms. The third kappa shape index (κ3) is 1.93. The molecule has 1 aromatic rings. The maximum atomic E-state index is 9.48. The summed E-state index contributed by atoms with van der Waals surface area (Å²) in [5.41, 5.74) is 0.609. The Morgan fingerprint density at radius 3 is 2.50 bits per heavy atom. The minimum atomic E-state index is -0.384. The summed E-state index contributed by atoms with van der Waals surface area (Å²) in [5, 5.41) is 10.2. The molecule has 0 amide bonds. The van der Waals surface area contributed by atoms with Gasteiger partial charge in [0.1, 0.15) is 0 Å². The predicted molar refractivity (Wildman–Crippen MR) is 65.5 cm³/mol. The van der Waals surface area contributed by atoms with Crippen molar-refractivity contribution in [2.24, 2.45) is 0 Å². The van der Waals surface area contributed by atoms with Crippen LogP contribution in [0.25, 0.3) is 0 Å². The fourth-order valence-electron chi connectivity index (χ4n) is 2.29. The van der Waals surface area contributed by atoms with E-state index in [1.807, 2.05) is 24.3 Å². The quantitative estimate of drug-likeness (QED) is 0.747. The maximum Gasteiger partial charge on any atom is 0.0861 e. The summed E-state index contributed by atoms with van der Waals surface area (Å²) in [6.07, 6.45) is 1.73. The van der Waals surface area contributed by atoms with Crippen LogP contribution in [0.4, 0.5) is 0 Å². The highest BCUT2D eigenvalue weighted by Crippen LogP contribution is 2.38. The lowest BCUT2D eigenvalue weighted by atomic mass is 9.74. The third-order valence-electron chi connectivity index (χ3n) is 3.44. The van der Waals surface area contributed by atoms with Crippen LogP contribution in [0.15, 0.2) is 24.3 Å². The van der Waals surface area contributed by atoms with E-state index in [4.69, 9.17) is 11.6 Å². The van der Waals surface area contributed by atoms with Crippen LogP contribution in [0, 0.1) is 11.3 Å². The van der Waals surface area contributed by atoms with Crippen molar-refractivity contribution in [2.45, 2.75) is 18.3 Å². The van der Waals surface area contributed by atoms with Crippen LogP contribution in [0.2, 0.25) is 5.02 Å². The molecular formula is C13H15ClN2. The van der Waals surface area contributed by atoms with Gasteiger partial charge < -0.3 is 4.90 Å². The van der Waals surface area contributed by atoms with E-state index >= 15 is 0 Å². The molecule has 0 spiro atoms. The summed E-state index contributed by atoms with van der Waals surface area (Å²) >= 11 is 6.20. The first-order valence-corrected chi connectivity index (χ1v) is 5.90. The highest BCUT2D eigenvalue weighted by atomic mass is 35.5. The van der Waals surface area contributed by atoms with Crippen LogP contribution in [-0.4, -0.2) is 25.0 Å². The van der Waals surface area contributed by atoms with Gasteiger partial charge in [-0.25, -0.2) is 0 Å². The number of benzene rings is 1. The van der Waals surface area contributed by atoms with Crippen molar-refractivity contribution >= 4 is 11.6 Å². The zero-order valence-electron chi connectivity index (χ0n) is 9.41. The molecule has 1 fully saturated rings. The van der Waals surface area contributed by atoms with Gasteiger partial charge in [-0.2, -0.15) is 5.26 Å². The molecule has 2 nitrogen and oxygen atoms in total. The first kappa shape index (κ1) is 11.4. The monoisotopic (exact) mass is 234 g/mol. The number of likely N-dealkylation sites (tertiary alicyclic amines) is 1. The topological polar surface area (TPSA) is 27.0 Å². The predicted octanol–water partition coefficient (Wildman–Crippen LogP) is 2.83. The SMILES string of the molecule is CN1CCC(C#N)(c2ccccc2Cl)CC1. The van der Waals surface area contributed by atoms with Crippen LogP contribution < -0.4 is 0 Å². The molecule has 3 heteroatoms. The van der Waals surface area contributed by atoms with E-state index in [2.05, 4.69) is 18.0 Å². The van der Waals surface area contributed by atoms with Crippen LogP contribution in [0.1, 0.15) is 18.4 Å². The summed E-state index contributed by atoms with van der Waals surface area (Å²) in [5.74, 6) is 0. The molecule has 0 unspecified atom stereocenters. The van der Waals surface area contributed by atoms with Gasteiger partial charge in [-0.15, -0.1) is 0 Å². The van der Waals surface area contributed by atoms with E-state index in [0.717, 1.165) is 31.5 Å². The Morgan fingerprint density at radius 2 is 1.94 bits per heavy atom. The molecule has 1 aromatic carbocycles. The van der Waals surface area contributed by atoms with E-state index in [1.165, 1.54) is 0 Å². The van der Waals surface area contributed by atoms with Crippen LogP contribution in [-0.2, 0) is 5.41 Å². The molecule has 1 heterocycles. The molecule has 0 saturated carbocycles. The molecule has 0 bridgehead atoms. The van der Waals surface area contributed by atoms with Crippen molar-refractivity contribution in [3.8, 4) is 6.07 Å². The number of nitrogens with zero attached hydrogens (tertiary/aromatic N) is 2. The van der Waals surface area contributed by atoms with Gasteiger partial charge >= 0.3 is 0 Å². The molecule has 0 N–H and O–H groups in total. The molecule has 1 aliphatic heterocycles. The highest BCUT2D eigenvalue weighted by Gasteiger charge is 2.36. The summed E-state index contributed by atoms with van der Waals surface area (Å²) in [7, 11) is 2.09. The second-order valence-corrected chi connectivity index (χ2v) is 4.88. The number of nitriles is 1. The Kier molecular flexibility index (Phi) is 3.18. The third-order valence-corrected chi connectivity index (χ3v) is 3.77. The minimum absolute atomic E-state index is 0.384. The van der Waals surface area contributed by atoms with Gasteiger partial charge in [0.25, 0.3) is 0 Å². The highest BCUT2D eigenvalue weighted by molar-refractivity contribution is 6.31. The van der Waals surface area contributed by atoms with Crippen molar-refractivity contribution in [3.05, 3.63) is 34.9 Å². The average molecular weight is 235 g/mol. The molecular weight excluding hydrogens is 220 g/mol. The maximum absolute atomic E-state index is 9.48. The van der Waals surface area contributed by atoms with Crippen LogP contribution in [0.3, 0.4) is 0 Å². The molecule has 1 aliphatic rings. The van der Waals surface area contributed by atoms with Crippen molar-refractivity contribution in [2.75, 3.05) is 20.1 Å². The smallest absolute Gasteiger partial charge is 0.0861 e. The number of halogens is 1. The fourth-order valence-corrected chi connectivity index (χ4v) is 2.61. The van der Waals surface area contributed by atoms with E-state index in [9.17, 15) is 5.26 Å². The van der Waals surface area contributed by atoms with E-state index < -0.39 is 0 Å². The van der Waals surface area contributed by atoms with Crippen LogP contribution in [0.5, 0.6) is 0 Å². The number of rotatable bonds is 1. The normalized spacial score (nSPS) is 20.3. The first-order chi connectivity index (χ1) is 7.68. The second-order valence-electron chi connectivity index (χ2n) is 4.48.